The molecule has 1 aromatic carbocycles. The third-order valence-corrected chi connectivity index (χ3v) is 2.89. The highest BCUT2D eigenvalue weighted by Gasteiger charge is 2.28. The highest BCUT2D eigenvalue weighted by atomic mass is 16.5. The Morgan fingerprint density at radius 3 is 2.47 bits per heavy atom. The zero-order chi connectivity index (χ0) is 12.4. The van der Waals surface area contributed by atoms with E-state index in [9.17, 15) is 0 Å². The largest absolute Gasteiger partial charge is 0.493 e. The number of benzene rings is 1. The standard InChI is InChI=1S/C12H17NO4/c1-14-9-6-8-10(7(13)4-5-17-8)12(16-3)11(9)15-2/h6-7H,4-5,13H2,1-3H3/t7-/m0/s1. The third-order valence-electron chi connectivity index (χ3n) is 2.89. The van der Waals surface area contributed by atoms with E-state index in [1.807, 2.05) is 0 Å². The van der Waals surface area contributed by atoms with Crippen LogP contribution in [-0.2, 0) is 0 Å². The topological polar surface area (TPSA) is 62.9 Å². The molecular formula is C12H17NO4. The highest BCUT2D eigenvalue weighted by Crippen LogP contribution is 2.48. The Bertz CT molecular complexity index is 419. The summed E-state index contributed by atoms with van der Waals surface area (Å²) in [5.74, 6) is 2.43. The molecule has 2 rings (SSSR count). The van der Waals surface area contributed by atoms with Gasteiger partial charge in [0, 0.05) is 18.5 Å². The summed E-state index contributed by atoms with van der Waals surface area (Å²) in [4.78, 5) is 0. The summed E-state index contributed by atoms with van der Waals surface area (Å²) < 4.78 is 21.5. The number of rotatable bonds is 3. The summed E-state index contributed by atoms with van der Waals surface area (Å²) in [6, 6.07) is 1.68. The molecule has 94 valence electrons. The normalized spacial score (nSPS) is 18.0. The predicted octanol–water partition coefficient (Wildman–Crippen LogP) is 1.49. The predicted molar refractivity (Wildman–Crippen MR) is 63.1 cm³/mol. The van der Waals surface area contributed by atoms with Crippen LogP contribution in [0.2, 0.25) is 0 Å². The lowest BCUT2D eigenvalue weighted by molar-refractivity contribution is 0.253. The Hall–Kier alpha value is -1.62. The van der Waals surface area contributed by atoms with Crippen molar-refractivity contribution >= 4 is 0 Å². The second-order valence-corrected chi connectivity index (χ2v) is 3.80. The lowest BCUT2D eigenvalue weighted by atomic mass is 9.99. The van der Waals surface area contributed by atoms with Crippen molar-refractivity contribution in [2.75, 3.05) is 27.9 Å². The summed E-state index contributed by atoms with van der Waals surface area (Å²) in [6.45, 7) is 0.604. The van der Waals surface area contributed by atoms with E-state index >= 15 is 0 Å². The van der Waals surface area contributed by atoms with Crippen molar-refractivity contribution in [1.29, 1.82) is 0 Å². The van der Waals surface area contributed by atoms with Crippen LogP contribution in [0.1, 0.15) is 18.0 Å². The Morgan fingerprint density at radius 1 is 1.18 bits per heavy atom. The van der Waals surface area contributed by atoms with Gasteiger partial charge in [0.25, 0.3) is 0 Å². The zero-order valence-electron chi connectivity index (χ0n) is 10.3. The first kappa shape index (κ1) is 11.9. The fraction of sp³-hybridized carbons (Fsp3) is 0.500. The van der Waals surface area contributed by atoms with Gasteiger partial charge in [0.2, 0.25) is 5.75 Å². The molecule has 2 N–H and O–H groups in total. The molecule has 0 spiro atoms. The summed E-state index contributed by atoms with van der Waals surface area (Å²) in [5, 5.41) is 0. The maximum atomic E-state index is 6.08. The molecule has 0 amide bonds. The monoisotopic (exact) mass is 239 g/mol. The van der Waals surface area contributed by atoms with Crippen molar-refractivity contribution in [2.24, 2.45) is 5.73 Å². The van der Waals surface area contributed by atoms with Crippen molar-refractivity contribution in [1.82, 2.24) is 0 Å². The van der Waals surface area contributed by atoms with Gasteiger partial charge >= 0.3 is 0 Å². The minimum Gasteiger partial charge on any atom is -0.493 e. The van der Waals surface area contributed by atoms with E-state index in [-0.39, 0.29) is 6.04 Å². The molecule has 1 aliphatic heterocycles. The fourth-order valence-electron chi connectivity index (χ4n) is 2.07. The van der Waals surface area contributed by atoms with Crippen LogP contribution >= 0.6 is 0 Å². The number of nitrogens with two attached hydrogens (primary N) is 1. The maximum absolute atomic E-state index is 6.08. The molecule has 0 aliphatic carbocycles. The van der Waals surface area contributed by atoms with E-state index in [2.05, 4.69) is 0 Å². The van der Waals surface area contributed by atoms with Crippen LogP contribution in [0.3, 0.4) is 0 Å². The lowest BCUT2D eigenvalue weighted by Gasteiger charge is -2.26. The average molecular weight is 239 g/mol. The van der Waals surface area contributed by atoms with Gasteiger partial charge in [-0.3, -0.25) is 0 Å². The van der Waals surface area contributed by atoms with Crippen LogP contribution in [0.25, 0.3) is 0 Å². The van der Waals surface area contributed by atoms with E-state index < -0.39 is 0 Å². The molecule has 1 aromatic rings. The minimum absolute atomic E-state index is 0.103. The zero-order valence-corrected chi connectivity index (χ0v) is 10.3. The molecule has 0 saturated heterocycles. The van der Waals surface area contributed by atoms with Gasteiger partial charge in [-0.25, -0.2) is 0 Å². The van der Waals surface area contributed by atoms with E-state index in [0.29, 0.717) is 29.6 Å². The quantitative estimate of drug-likeness (QED) is 0.866. The van der Waals surface area contributed by atoms with Crippen LogP contribution < -0.4 is 24.7 Å². The van der Waals surface area contributed by atoms with Crippen molar-refractivity contribution in [3.8, 4) is 23.0 Å². The molecule has 0 aromatic heterocycles. The van der Waals surface area contributed by atoms with Gasteiger partial charge in [-0.15, -0.1) is 0 Å². The molecule has 0 bridgehead atoms. The Kier molecular flexibility index (Phi) is 3.28. The molecule has 0 radical (unpaired) electrons. The van der Waals surface area contributed by atoms with Gasteiger partial charge in [-0.2, -0.15) is 0 Å². The number of fused-ring (bicyclic) bond motifs is 1. The summed E-state index contributed by atoms with van der Waals surface area (Å²) in [5.41, 5.74) is 6.93. The van der Waals surface area contributed by atoms with Crippen LogP contribution in [0.5, 0.6) is 23.0 Å². The second-order valence-electron chi connectivity index (χ2n) is 3.80. The molecule has 0 saturated carbocycles. The summed E-state index contributed by atoms with van der Waals surface area (Å²) in [6.07, 6.45) is 0.763. The smallest absolute Gasteiger partial charge is 0.203 e. The number of methoxy groups -OCH3 is 3. The van der Waals surface area contributed by atoms with Crippen LogP contribution in [-0.4, -0.2) is 27.9 Å². The average Bonchev–Trinajstić information content (AvgIpc) is 2.36. The van der Waals surface area contributed by atoms with Crippen molar-refractivity contribution in [3.63, 3.8) is 0 Å². The second kappa shape index (κ2) is 4.71. The van der Waals surface area contributed by atoms with Crippen LogP contribution in [0.4, 0.5) is 0 Å². The summed E-state index contributed by atoms with van der Waals surface area (Å²) >= 11 is 0. The minimum atomic E-state index is -0.103. The number of ether oxygens (including phenoxy) is 4. The molecule has 0 unspecified atom stereocenters. The van der Waals surface area contributed by atoms with Crippen molar-refractivity contribution in [3.05, 3.63) is 11.6 Å². The molecule has 1 heterocycles. The van der Waals surface area contributed by atoms with Crippen LogP contribution in [0.15, 0.2) is 6.07 Å². The van der Waals surface area contributed by atoms with Gasteiger partial charge in [0.1, 0.15) is 5.75 Å². The SMILES string of the molecule is COc1cc2c(c(OC)c1OC)[C@@H](N)CCO2. The first-order chi connectivity index (χ1) is 8.22. The maximum Gasteiger partial charge on any atom is 0.203 e. The number of hydrogen-bond donors (Lipinski definition) is 1. The Labute approximate surface area is 100 Å². The van der Waals surface area contributed by atoms with E-state index in [4.69, 9.17) is 24.7 Å². The summed E-state index contributed by atoms with van der Waals surface area (Å²) in [7, 11) is 4.73. The number of hydrogen-bond acceptors (Lipinski definition) is 5. The van der Waals surface area contributed by atoms with E-state index in [0.717, 1.165) is 12.0 Å². The van der Waals surface area contributed by atoms with Gasteiger partial charge < -0.3 is 24.7 Å². The van der Waals surface area contributed by atoms with E-state index in [1.54, 1.807) is 27.4 Å². The first-order valence-electron chi connectivity index (χ1n) is 5.44. The van der Waals surface area contributed by atoms with E-state index in [1.165, 1.54) is 0 Å². The van der Waals surface area contributed by atoms with Crippen molar-refractivity contribution < 1.29 is 18.9 Å². The first-order valence-corrected chi connectivity index (χ1v) is 5.44. The van der Waals surface area contributed by atoms with Gasteiger partial charge in [0.05, 0.1) is 33.5 Å². The van der Waals surface area contributed by atoms with Gasteiger partial charge in [0.15, 0.2) is 11.5 Å². The molecule has 5 nitrogen and oxygen atoms in total. The third kappa shape index (κ3) is 1.86. The highest BCUT2D eigenvalue weighted by molar-refractivity contribution is 5.63. The molecule has 1 atom stereocenters. The Morgan fingerprint density at radius 2 is 1.88 bits per heavy atom. The van der Waals surface area contributed by atoms with Crippen molar-refractivity contribution in [2.45, 2.75) is 12.5 Å². The lowest BCUT2D eigenvalue weighted by Crippen LogP contribution is -2.21. The molecule has 0 fully saturated rings. The fourth-order valence-corrected chi connectivity index (χ4v) is 2.07. The molecule has 5 heteroatoms. The van der Waals surface area contributed by atoms with Crippen LogP contribution in [0, 0.1) is 0 Å². The van der Waals surface area contributed by atoms with Gasteiger partial charge in [-0.1, -0.05) is 0 Å². The molecule has 1 aliphatic rings. The molecule has 17 heavy (non-hydrogen) atoms. The van der Waals surface area contributed by atoms with Gasteiger partial charge in [-0.05, 0) is 0 Å². The Balaban J connectivity index is 2.65. The molecular weight excluding hydrogens is 222 g/mol.